The Bertz CT molecular complexity index is 271. The second-order valence-corrected chi connectivity index (χ2v) is 5.90. The van der Waals surface area contributed by atoms with Gasteiger partial charge in [-0.3, -0.25) is 0 Å². The Labute approximate surface area is 91.1 Å². The molecule has 2 heterocycles. The molecule has 0 aromatic carbocycles. The standard InChI is InChI=1S/C8H11ClN2S2/c9-7-3-11-8(13-7)4-10-6-1-2-12-5-6/h3,6,10H,1-2,4-5H2. The summed E-state index contributed by atoms with van der Waals surface area (Å²) in [6.45, 7) is 0.864. The highest BCUT2D eigenvalue weighted by atomic mass is 35.5. The van der Waals surface area contributed by atoms with Crippen molar-refractivity contribution in [1.82, 2.24) is 10.3 Å². The smallest absolute Gasteiger partial charge is 0.113 e. The van der Waals surface area contributed by atoms with Crippen molar-refractivity contribution < 1.29 is 0 Å². The van der Waals surface area contributed by atoms with Gasteiger partial charge in [0, 0.05) is 18.3 Å². The third-order valence-corrected chi connectivity index (χ3v) is 4.27. The summed E-state index contributed by atoms with van der Waals surface area (Å²) in [4.78, 5) is 4.19. The fourth-order valence-corrected chi connectivity index (χ4v) is 3.39. The quantitative estimate of drug-likeness (QED) is 0.870. The summed E-state index contributed by atoms with van der Waals surface area (Å²) in [7, 11) is 0. The lowest BCUT2D eigenvalue weighted by Crippen LogP contribution is -2.27. The van der Waals surface area contributed by atoms with Crippen LogP contribution in [0, 0.1) is 0 Å². The SMILES string of the molecule is Clc1cnc(CNC2CCSC2)s1. The van der Waals surface area contributed by atoms with Crippen molar-refractivity contribution in [2.75, 3.05) is 11.5 Å². The fourth-order valence-electron chi connectivity index (χ4n) is 1.30. The Kier molecular flexibility index (Phi) is 3.49. The second-order valence-electron chi connectivity index (χ2n) is 3.00. The summed E-state index contributed by atoms with van der Waals surface area (Å²) >= 11 is 9.35. The van der Waals surface area contributed by atoms with Crippen molar-refractivity contribution in [3.8, 4) is 0 Å². The van der Waals surface area contributed by atoms with Gasteiger partial charge in [0.05, 0.1) is 6.20 Å². The molecular weight excluding hydrogens is 224 g/mol. The zero-order valence-corrected chi connectivity index (χ0v) is 9.51. The number of hydrogen-bond donors (Lipinski definition) is 1. The number of halogens is 1. The number of aromatic nitrogens is 1. The van der Waals surface area contributed by atoms with Crippen LogP contribution in [0.1, 0.15) is 11.4 Å². The Morgan fingerprint density at radius 2 is 2.62 bits per heavy atom. The van der Waals surface area contributed by atoms with Crippen molar-refractivity contribution >= 4 is 34.7 Å². The first-order valence-corrected chi connectivity index (χ1v) is 6.61. The van der Waals surface area contributed by atoms with Crippen LogP contribution in [0.25, 0.3) is 0 Å². The van der Waals surface area contributed by atoms with Crippen LogP contribution < -0.4 is 5.32 Å². The van der Waals surface area contributed by atoms with Crippen molar-refractivity contribution in [3.63, 3.8) is 0 Å². The van der Waals surface area contributed by atoms with E-state index < -0.39 is 0 Å². The number of thioether (sulfide) groups is 1. The van der Waals surface area contributed by atoms with E-state index >= 15 is 0 Å². The molecule has 0 amide bonds. The minimum atomic E-state index is 0.674. The molecule has 1 N–H and O–H groups in total. The molecule has 1 unspecified atom stereocenters. The Hall–Kier alpha value is 0.230. The molecule has 1 aromatic heterocycles. The van der Waals surface area contributed by atoms with E-state index in [9.17, 15) is 0 Å². The van der Waals surface area contributed by atoms with Gasteiger partial charge in [-0.15, -0.1) is 11.3 Å². The van der Waals surface area contributed by atoms with Gasteiger partial charge in [-0.2, -0.15) is 11.8 Å². The summed E-state index contributed by atoms with van der Waals surface area (Å²) in [6.07, 6.45) is 3.00. The number of nitrogens with zero attached hydrogens (tertiary/aromatic N) is 1. The highest BCUT2D eigenvalue weighted by molar-refractivity contribution is 7.99. The van der Waals surface area contributed by atoms with Crippen molar-refractivity contribution in [3.05, 3.63) is 15.5 Å². The maximum Gasteiger partial charge on any atom is 0.113 e. The maximum atomic E-state index is 5.78. The summed E-state index contributed by atoms with van der Waals surface area (Å²) in [5.41, 5.74) is 0. The van der Waals surface area contributed by atoms with Crippen LogP contribution in [0.4, 0.5) is 0 Å². The number of rotatable bonds is 3. The summed E-state index contributed by atoms with van der Waals surface area (Å²) in [5.74, 6) is 2.52. The molecule has 0 radical (unpaired) electrons. The Morgan fingerprint density at radius 1 is 1.69 bits per heavy atom. The molecule has 1 fully saturated rings. The van der Waals surface area contributed by atoms with Crippen LogP contribution in [0.15, 0.2) is 6.20 Å². The van der Waals surface area contributed by atoms with Gasteiger partial charge in [0.1, 0.15) is 9.34 Å². The van der Waals surface area contributed by atoms with E-state index in [1.54, 1.807) is 17.5 Å². The minimum absolute atomic E-state index is 0.674. The lowest BCUT2D eigenvalue weighted by atomic mass is 10.3. The molecule has 0 aliphatic carbocycles. The predicted octanol–water partition coefficient (Wildman–Crippen LogP) is 2.39. The van der Waals surface area contributed by atoms with Crippen LogP contribution in [0.2, 0.25) is 4.34 Å². The highest BCUT2D eigenvalue weighted by Gasteiger charge is 2.14. The Balaban J connectivity index is 1.78. The van der Waals surface area contributed by atoms with E-state index in [0.717, 1.165) is 15.9 Å². The molecule has 72 valence electrons. The van der Waals surface area contributed by atoms with E-state index in [1.807, 2.05) is 11.8 Å². The summed E-state index contributed by atoms with van der Waals surface area (Å²) < 4.78 is 0.776. The van der Waals surface area contributed by atoms with Crippen LogP contribution in [-0.2, 0) is 6.54 Å². The average molecular weight is 235 g/mol. The molecular formula is C8H11ClN2S2. The molecule has 13 heavy (non-hydrogen) atoms. The average Bonchev–Trinajstić information content (AvgIpc) is 2.71. The van der Waals surface area contributed by atoms with Gasteiger partial charge < -0.3 is 5.32 Å². The predicted molar refractivity (Wildman–Crippen MR) is 59.7 cm³/mol. The number of nitrogens with one attached hydrogen (secondary N) is 1. The van der Waals surface area contributed by atoms with Gasteiger partial charge in [-0.05, 0) is 12.2 Å². The van der Waals surface area contributed by atoms with Gasteiger partial charge >= 0.3 is 0 Å². The molecule has 2 nitrogen and oxygen atoms in total. The van der Waals surface area contributed by atoms with Crippen molar-refractivity contribution in [2.24, 2.45) is 0 Å². The van der Waals surface area contributed by atoms with Gasteiger partial charge in [-0.1, -0.05) is 11.6 Å². The number of thiazole rings is 1. The van der Waals surface area contributed by atoms with E-state index in [-0.39, 0.29) is 0 Å². The molecule has 1 aliphatic rings. The first kappa shape index (κ1) is 9.77. The fraction of sp³-hybridized carbons (Fsp3) is 0.625. The Morgan fingerprint density at radius 3 is 3.23 bits per heavy atom. The van der Waals surface area contributed by atoms with E-state index in [0.29, 0.717) is 6.04 Å². The topological polar surface area (TPSA) is 24.9 Å². The van der Waals surface area contributed by atoms with Gasteiger partial charge in [0.25, 0.3) is 0 Å². The van der Waals surface area contributed by atoms with E-state index in [1.165, 1.54) is 17.9 Å². The first-order valence-electron chi connectivity index (χ1n) is 4.26. The third-order valence-electron chi connectivity index (χ3n) is 2.00. The molecule has 1 aromatic rings. The van der Waals surface area contributed by atoms with Gasteiger partial charge in [0.15, 0.2) is 0 Å². The van der Waals surface area contributed by atoms with Crippen molar-refractivity contribution in [1.29, 1.82) is 0 Å². The molecule has 2 rings (SSSR count). The highest BCUT2D eigenvalue weighted by Crippen LogP contribution is 2.20. The lowest BCUT2D eigenvalue weighted by Gasteiger charge is -2.08. The molecule has 0 bridgehead atoms. The van der Waals surface area contributed by atoms with Crippen LogP contribution in [0.3, 0.4) is 0 Å². The van der Waals surface area contributed by atoms with Crippen LogP contribution >= 0.6 is 34.7 Å². The van der Waals surface area contributed by atoms with Crippen molar-refractivity contribution in [2.45, 2.75) is 19.0 Å². The molecule has 0 saturated carbocycles. The molecule has 1 saturated heterocycles. The lowest BCUT2D eigenvalue weighted by molar-refractivity contribution is 0.557. The zero-order chi connectivity index (χ0) is 9.10. The third kappa shape index (κ3) is 2.84. The van der Waals surface area contributed by atoms with Gasteiger partial charge in [-0.25, -0.2) is 4.98 Å². The first-order chi connectivity index (χ1) is 6.34. The zero-order valence-electron chi connectivity index (χ0n) is 7.12. The van der Waals surface area contributed by atoms with Gasteiger partial charge in [0.2, 0.25) is 0 Å². The maximum absolute atomic E-state index is 5.78. The van der Waals surface area contributed by atoms with Crippen LogP contribution in [-0.4, -0.2) is 22.5 Å². The van der Waals surface area contributed by atoms with E-state index in [2.05, 4.69) is 10.3 Å². The second kappa shape index (κ2) is 4.64. The molecule has 0 spiro atoms. The van der Waals surface area contributed by atoms with Crippen LogP contribution in [0.5, 0.6) is 0 Å². The summed E-state index contributed by atoms with van der Waals surface area (Å²) in [6, 6.07) is 0.674. The number of hydrogen-bond acceptors (Lipinski definition) is 4. The molecule has 1 atom stereocenters. The molecule has 1 aliphatic heterocycles. The molecule has 5 heteroatoms. The normalized spacial score (nSPS) is 22.4. The van der Waals surface area contributed by atoms with E-state index in [4.69, 9.17) is 11.6 Å². The monoisotopic (exact) mass is 234 g/mol. The minimum Gasteiger partial charge on any atom is -0.307 e. The summed E-state index contributed by atoms with van der Waals surface area (Å²) in [5, 5.41) is 4.56. The largest absolute Gasteiger partial charge is 0.307 e.